The number of rotatable bonds is 8. The van der Waals surface area contributed by atoms with Crippen LogP contribution in [0.3, 0.4) is 0 Å². The molecular formula is C22H22FN3O3S. The summed E-state index contributed by atoms with van der Waals surface area (Å²) in [5, 5.41) is 0.0662. The lowest BCUT2D eigenvalue weighted by Gasteiger charge is -2.18. The topological polar surface area (TPSA) is 78.3 Å². The molecule has 0 aliphatic heterocycles. The molecule has 0 fully saturated rings. The van der Waals surface area contributed by atoms with Gasteiger partial charge in [-0.25, -0.2) is 17.5 Å². The molecule has 0 aliphatic rings. The Bertz CT molecular complexity index is 1250. The van der Waals surface area contributed by atoms with Gasteiger partial charge in [0, 0.05) is 24.8 Å². The number of H-pyrrole nitrogens is 1. The molecule has 8 heteroatoms. The molecule has 156 valence electrons. The van der Waals surface area contributed by atoms with Gasteiger partial charge in [-0.15, -0.1) is 0 Å². The van der Waals surface area contributed by atoms with E-state index in [4.69, 9.17) is 4.42 Å². The maximum absolute atomic E-state index is 14.2. The first-order valence-electron chi connectivity index (χ1n) is 9.47. The van der Waals surface area contributed by atoms with Crippen molar-refractivity contribution in [2.45, 2.75) is 24.5 Å². The fourth-order valence-corrected chi connectivity index (χ4v) is 4.66. The van der Waals surface area contributed by atoms with Crippen LogP contribution in [0.1, 0.15) is 16.9 Å². The molecule has 0 spiro atoms. The monoisotopic (exact) mass is 427 g/mol. The van der Waals surface area contributed by atoms with E-state index in [1.54, 1.807) is 12.3 Å². The Kier molecular flexibility index (Phi) is 5.72. The molecule has 0 bridgehead atoms. The summed E-state index contributed by atoms with van der Waals surface area (Å²) in [6, 6.07) is 15.8. The van der Waals surface area contributed by atoms with E-state index >= 15 is 0 Å². The number of fused-ring (bicyclic) bond motifs is 1. The lowest BCUT2D eigenvalue weighted by Crippen LogP contribution is -2.25. The quantitative estimate of drug-likeness (QED) is 0.445. The minimum atomic E-state index is -3.90. The van der Waals surface area contributed by atoms with Gasteiger partial charge in [0.15, 0.2) is 0 Å². The molecular weight excluding hydrogens is 405 g/mol. The average molecular weight is 428 g/mol. The summed E-state index contributed by atoms with van der Waals surface area (Å²) in [5.74, 6) is 0.283. The van der Waals surface area contributed by atoms with E-state index in [0.717, 1.165) is 16.9 Å². The lowest BCUT2D eigenvalue weighted by molar-refractivity contribution is 0.287. The molecule has 6 nitrogen and oxygen atoms in total. The van der Waals surface area contributed by atoms with Crippen molar-refractivity contribution in [2.24, 2.45) is 0 Å². The third-order valence-corrected chi connectivity index (χ3v) is 6.35. The molecule has 0 saturated heterocycles. The van der Waals surface area contributed by atoms with Crippen molar-refractivity contribution < 1.29 is 17.2 Å². The minimum absolute atomic E-state index is 0.0662. The standard InChI is InChI=1S/C22H22FN3O3S/c1-26(15-18-8-5-11-29-18)14-17-7-3-2-6-16(17)12-25-30(27,28)21-13-24-20-10-4-9-19(23)22(20)21/h2-11,13,24-25H,12,14-15H2,1H3. The van der Waals surface area contributed by atoms with Gasteiger partial charge >= 0.3 is 0 Å². The molecule has 2 N–H and O–H groups in total. The van der Waals surface area contributed by atoms with E-state index in [9.17, 15) is 12.8 Å². The molecule has 0 unspecified atom stereocenters. The normalized spacial score (nSPS) is 12.1. The van der Waals surface area contributed by atoms with E-state index in [0.29, 0.717) is 18.6 Å². The third-order valence-electron chi connectivity index (χ3n) is 4.93. The van der Waals surface area contributed by atoms with Crippen molar-refractivity contribution in [3.63, 3.8) is 0 Å². The zero-order chi connectivity index (χ0) is 21.1. The van der Waals surface area contributed by atoms with Crippen LogP contribution in [0.5, 0.6) is 0 Å². The largest absolute Gasteiger partial charge is 0.468 e. The molecule has 2 heterocycles. The summed E-state index contributed by atoms with van der Waals surface area (Å²) in [5.41, 5.74) is 2.29. The number of hydrogen-bond donors (Lipinski definition) is 2. The SMILES string of the molecule is CN(Cc1ccco1)Cc1ccccc1CNS(=O)(=O)c1c[nH]c2cccc(F)c12. The molecule has 0 saturated carbocycles. The molecule has 4 aromatic rings. The lowest BCUT2D eigenvalue weighted by atomic mass is 10.1. The second kappa shape index (κ2) is 8.43. The summed E-state index contributed by atoms with van der Waals surface area (Å²) < 4.78 is 47.9. The molecule has 0 atom stereocenters. The van der Waals surface area contributed by atoms with Gasteiger partial charge in [0.25, 0.3) is 0 Å². The second-order valence-corrected chi connectivity index (χ2v) is 8.90. The maximum Gasteiger partial charge on any atom is 0.243 e. The number of benzene rings is 2. The Labute approximate surface area is 174 Å². The van der Waals surface area contributed by atoms with Crippen LogP contribution in [0.25, 0.3) is 10.9 Å². The summed E-state index contributed by atoms with van der Waals surface area (Å²) in [6.45, 7) is 1.37. The van der Waals surface area contributed by atoms with Gasteiger partial charge in [0.05, 0.1) is 18.2 Å². The van der Waals surface area contributed by atoms with Crippen LogP contribution in [-0.4, -0.2) is 25.3 Å². The molecule has 0 aliphatic carbocycles. The molecule has 2 aromatic heterocycles. The van der Waals surface area contributed by atoms with Crippen LogP contribution in [-0.2, 0) is 29.7 Å². The van der Waals surface area contributed by atoms with E-state index in [-0.39, 0.29) is 16.8 Å². The Balaban J connectivity index is 1.51. The second-order valence-electron chi connectivity index (χ2n) is 7.16. The van der Waals surface area contributed by atoms with Crippen LogP contribution in [0.15, 0.2) is 76.4 Å². The summed E-state index contributed by atoms with van der Waals surface area (Å²) in [6.07, 6.45) is 2.96. The van der Waals surface area contributed by atoms with E-state index in [1.165, 1.54) is 18.3 Å². The first kappa shape index (κ1) is 20.3. The molecule has 4 rings (SSSR count). The Morgan fingerprint density at radius 2 is 1.83 bits per heavy atom. The maximum atomic E-state index is 14.2. The zero-order valence-electron chi connectivity index (χ0n) is 16.4. The summed E-state index contributed by atoms with van der Waals surface area (Å²) in [7, 11) is -1.93. The van der Waals surface area contributed by atoms with Crippen LogP contribution in [0.4, 0.5) is 4.39 Å². The van der Waals surface area contributed by atoms with Crippen molar-refractivity contribution in [1.29, 1.82) is 0 Å². The molecule has 30 heavy (non-hydrogen) atoms. The van der Waals surface area contributed by atoms with E-state index in [1.807, 2.05) is 43.4 Å². The summed E-state index contributed by atoms with van der Waals surface area (Å²) in [4.78, 5) is 4.81. The van der Waals surface area contributed by atoms with Gasteiger partial charge in [-0.3, -0.25) is 4.90 Å². The smallest absolute Gasteiger partial charge is 0.243 e. The number of nitrogens with one attached hydrogen (secondary N) is 2. The summed E-state index contributed by atoms with van der Waals surface area (Å²) >= 11 is 0. The number of furan rings is 1. The zero-order valence-corrected chi connectivity index (χ0v) is 17.2. The van der Waals surface area contributed by atoms with Crippen LogP contribution in [0.2, 0.25) is 0 Å². The number of hydrogen-bond acceptors (Lipinski definition) is 4. The van der Waals surface area contributed by atoms with Crippen molar-refractivity contribution in [1.82, 2.24) is 14.6 Å². The van der Waals surface area contributed by atoms with Gasteiger partial charge < -0.3 is 9.40 Å². The highest BCUT2D eigenvalue weighted by Gasteiger charge is 2.21. The predicted molar refractivity (Wildman–Crippen MR) is 113 cm³/mol. The third kappa shape index (κ3) is 4.30. The molecule has 2 aromatic carbocycles. The van der Waals surface area contributed by atoms with Gasteiger partial charge in [0.2, 0.25) is 10.0 Å². The van der Waals surface area contributed by atoms with Crippen LogP contribution >= 0.6 is 0 Å². The number of halogens is 1. The van der Waals surface area contributed by atoms with Gasteiger partial charge in [-0.1, -0.05) is 30.3 Å². The number of aromatic nitrogens is 1. The van der Waals surface area contributed by atoms with Crippen molar-refractivity contribution in [3.8, 4) is 0 Å². The Morgan fingerprint density at radius 3 is 2.60 bits per heavy atom. The Morgan fingerprint density at radius 1 is 1.03 bits per heavy atom. The van der Waals surface area contributed by atoms with E-state index in [2.05, 4.69) is 14.6 Å². The van der Waals surface area contributed by atoms with Gasteiger partial charge in [0.1, 0.15) is 16.5 Å². The average Bonchev–Trinajstić information content (AvgIpc) is 3.38. The highest BCUT2D eigenvalue weighted by atomic mass is 32.2. The first-order chi connectivity index (χ1) is 14.4. The van der Waals surface area contributed by atoms with Crippen molar-refractivity contribution in [3.05, 3.63) is 89.8 Å². The highest BCUT2D eigenvalue weighted by molar-refractivity contribution is 7.89. The number of nitrogens with zero attached hydrogens (tertiary/aromatic N) is 1. The number of sulfonamides is 1. The predicted octanol–water partition coefficient (Wildman–Crippen LogP) is 4.01. The fraction of sp³-hybridized carbons (Fsp3) is 0.182. The van der Waals surface area contributed by atoms with Crippen molar-refractivity contribution >= 4 is 20.9 Å². The van der Waals surface area contributed by atoms with Crippen molar-refractivity contribution in [2.75, 3.05) is 7.05 Å². The van der Waals surface area contributed by atoms with Crippen LogP contribution < -0.4 is 4.72 Å². The Hall–Kier alpha value is -2.94. The molecule has 0 amide bonds. The minimum Gasteiger partial charge on any atom is -0.468 e. The van der Waals surface area contributed by atoms with E-state index < -0.39 is 15.8 Å². The van der Waals surface area contributed by atoms with Crippen LogP contribution in [0, 0.1) is 5.82 Å². The van der Waals surface area contributed by atoms with Gasteiger partial charge in [-0.05, 0) is 42.4 Å². The number of aromatic amines is 1. The highest BCUT2D eigenvalue weighted by Crippen LogP contribution is 2.25. The molecule has 0 radical (unpaired) electrons. The fourth-order valence-electron chi connectivity index (χ4n) is 3.47. The first-order valence-corrected chi connectivity index (χ1v) is 11.0. The van der Waals surface area contributed by atoms with Gasteiger partial charge in [-0.2, -0.15) is 0 Å².